The first-order chi connectivity index (χ1) is 10.1. The summed E-state index contributed by atoms with van der Waals surface area (Å²) in [6.45, 7) is 2.56. The van der Waals surface area contributed by atoms with E-state index in [0.29, 0.717) is 15.8 Å². The maximum atomic E-state index is 12.2. The van der Waals surface area contributed by atoms with Crippen LogP contribution >= 0.6 is 35.7 Å². The van der Waals surface area contributed by atoms with Crippen molar-refractivity contribution in [2.45, 2.75) is 11.8 Å². The monoisotopic (exact) mass is 334 g/mol. The first kappa shape index (κ1) is 14.7. The second kappa shape index (κ2) is 5.87. The van der Waals surface area contributed by atoms with Crippen molar-refractivity contribution in [3.63, 3.8) is 0 Å². The summed E-state index contributed by atoms with van der Waals surface area (Å²) in [5, 5.41) is 1.11. The topological polar surface area (TPSA) is 23.6 Å². The van der Waals surface area contributed by atoms with Gasteiger partial charge in [-0.2, -0.15) is 0 Å². The third kappa shape index (κ3) is 2.63. The van der Waals surface area contributed by atoms with E-state index < -0.39 is 0 Å². The molecule has 1 aromatic carbocycles. The van der Waals surface area contributed by atoms with Crippen LogP contribution in [0.15, 0.2) is 51.2 Å². The van der Waals surface area contributed by atoms with E-state index in [4.69, 9.17) is 12.2 Å². The number of allylic oxidation sites excluding steroid dienone is 2. The van der Waals surface area contributed by atoms with Crippen LogP contribution in [0.1, 0.15) is 6.92 Å². The molecule has 1 amide bonds. The number of carbonyl (C=O) groups excluding carboxylic acids is 1. The molecule has 2 heterocycles. The van der Waals surface area contributed by atoms with Gasteiger partial charge in [-0.25, -0.2) is 0 Å². The van der Waals surface area contributed by atoms with E-state index in [1.165, 1.54) is 22.3 Å². The van der Waals surface area contributed by atoms with Crippen LogP contribution in [-0.2, 0) is 4.79 Å². The molecule has 108 valence electrons. The SMILES string of the molecule is CCN1C(=O)C(=C/C=C2/Sc3ccccc3N2C)SC1=S. The lowest BCUT2D eigenvalue weighted by Crippen LogP contribution is -2.27. The molecular weight excluding hydrogens is 320 g/mol. The molecule has 0 saturated carbocycles. The molecule has 0 radical (unpaired) electrons. The fourth-order valence-electron chi connectivity index (χ4n) is 2.20. The van der Waals surface area contributed by atoms with Crippen molar-refractivity contribution in [3.05, 3.63) is 46.4 Å². The van der Waals surface area contributed by atoms with Gasteiger partial charge in [0.05, 0.1) is 15.6 Å². The largest absolute Gasteiger partial charge is 0.338 e. The van der Waals surface area contributed by atoms with E-state index in [0.717, 1.165) is 5.03 Å². The van der Waals surface area contributed by atoms with Crippen molar-refractivity contribution in [2.24, 2.45) is 0 Å². The van der Waals surface area contributed by atoms with Crippen molar-refractivity contribution in [1.82, 2.24) is 4.90 Å². The number of anilines is 1. The lowest BCUT2D eigenvalue weighted by atomic mass is 10.3. The zero-order valence-corrected chi connectivity index (χ0v) is 14.1. The highest BCUT2D eigenvalue weighted by Gasteiger charge is 2.30. The number of rotatable bonds is 2. The molecule has 6 heteroatoms. The van der Waals surface area contributed by atoms with Crippen LogP contribution in [0, 0.1) is 0 Å². The van der Waals surface area contributed by atoms with Crippen LogP contribution in [-0.4, -0.2) is 28.7 Å². The molecule has 2 aliphatic heterocycles. The smallest absolute Gasteiger partial charge is 0.266 e. The number of fused-ring (bicyclic) bond motifs is 1. The van der Waals surface area contributed by atoms with E-state index in [9.17, 15) is 4.79 Å². The number of amides is 1. The summed E-state index contributed by atoms with van der Waals surface area (Å²) >= 11 is 8.30. The molecule has 0 aliphatic carbocycles. The number of thioether (sulfide) groups is 2. The van der Waals surface area contributed by atoms with E-state index in [2.05, 4.69) is 17.0 Å². The summed E-state index contributed by atoms with van der Waals surface area (Å²) in [4.78, 5) is 17.8. The Morgan fingerprint density at radius 3 is 2.67 bits per heavy atom. The summed E-state index contributed by atoms with van der Waals surface area (Å²) in [7, 11) is 2.04. The van der Waals surface area contributed by atoms with Crippen molar-refractivity contribution in [1.29, 1.82) is 0 Å². The van der Waals surface area contributed by atoms with Gasteiger partial charge in [-0.1, -0.05) is 47.9 Å². The van der Waals surface area contributed by atoms with Gasteiger partial charge in [0.25, 0.3) is 5.91 Å². The Morgan fingerprint density at radius 1 is 1.24 bits per heavy atom. The zero-order chi connectivity index (χ0) is 15.0. The number of hydrogen-bond donors (Lipinski definition) is 0. The minimum atomic E-state index is 0.00696. The molecule has 0 atom stereocenters. The molecule has 0 unspecified atom stereocenters. The first-order valence-corrected chi connectivity index (χ1v) is 8.62. The molecule has 1 fully saturated rings. The Hall–Kier alpha value is -1.24. The standard InChI is InChI=1S/C15H14N2OS3/c1-3-17-14(18)12(21-15(17)19)8-9-13-16(2)10-6-4-5-7-11(10)20-13/h4-9H,3H2,1-2H3/b12-8?,13-9+. The van der Waals surface area contributed by atoms with Gasteiger partial charge in [0.2, 0.25) is 0 Å². The van der Waals surface area contributed by atoms with Gasteiger partial charge in [0.15, 0.2) is 0 Å². The summed E-state index contributed by atoms with van der Waals surface area (Å²) < 4.78 is 0.642. The molecule has 21 heavy (non-hydrogen) atoms. The summed E-state index contributed by atoms with van der Waals surface area (Å²) in [6, 6.07) is 8.27. The fourth-order valence-corrected chi connectivity index (χ4v) is 4.58. The lowest BCUT2D eigenvalue weighted by Gasteiger charge is -2.12. The highest BCUT2D eigenvalue weighted by molar-refractivity contribution is 8.26. The van der Waals surface area contributed by atoms with Gasteiger partial charge in [-0.3, -0.25) is 9.69 Å². The van der Waals surface area contributed by atoms with E-state index in [1.54, 1.807) is 16.7 Å². The summed E-state index contributed by atoms with van der Waals surface area (Å²) in [6.07, 6.45) is 3.87. The van der Waals surface area contributed by atoms with Gasteiger partial charge in [0, 0.05) is 18.5 Å². The van der Waals surface area contributed by atoms with Crippen molar-refractivity contribution in [2.75, 3.05) is 18.5 Å². The predicted molar refractivity (Wildman–Crippen MR) is 94.4 cm³/mol. The van der Waals surface area contributed by atoms with Crippen LogP contribution in [0.5, 0.6) is 0 Å². The molecule has 1 aromatic rings. The summed E-state index contributed by atoms with van der Waals surface area (Å²) in [5.41, 5.74) is 1.20. The van der Waals surface area contributed by atoms with Crippen LogP contribution in [0.4, 0.5) is 5.69 Å². The average molecular weight is 334 g/mol. The third-order valence-electron chi connectivity index (χ3n) is 3.34. The Morgan fingerprint density at radius 2 is 2.00 bits per heavy atom. The molecule has 2 aliphatic rings. The quantitative estimate of drug-likeness (QED) is 0.604. The summed E-state index contributed by atoms with van der Waals surface area (Å²) in [5.74, 6) is 0.00696. The fraction of sp³-hybridized carbons (Fsp3) is 0.200. The molecule has 0 bridgehead atoms. The molecule has 1 saturated heterocycles. The Labute approximate surface area is 138 Å². The molecule has 0 N–H and O–H groups in total. The lowest BCUT2D eigenvalue weighted by molar-refractivity contribution is -0.122. The highest BCUT2D eigenvalue weighted by atomic mass is 32.2. The number of likely N-dealkylation sites (N-methyl/N-ethyl adjacent to an activating group) is 1. The normalized spacial score (nSPS) is 21.8. The number of carbonyl (C=O) groups is 1. The first-order valence-electron chi connectivity index (χ1n) is 6.58. The van der Waals surface area contributed by atoms with Gasteiger partial charge < -0.3 is 4.90 Å². The number of hydrogen-bond acceptors (Lipinski definition) is 5. The average Bonchev–Trinajstić information content (AvgIpc) is 2.94. The van der Waals surface area contributed by atoms with Gasteiger partial charge in [-0.05, 0) is 31.2 Å². The highest BCUT2D eigenvalue weighted by Crippen LogP contribution is 2.44. The van der Waals surface area contributed by atoms with Crippen LogP contribution in [0.25, 0.3) is 0 Å². The third-order valence-corrected chi connectivity index (χ3v) is 5.92. The van der Waals surface area contributed by atoms with Crippen molar-refractivity contribution < 1.29 is 4.79 Å². The Balaban J connectivity index is 1.84. The van der Waals surface area contributed by atoms with Crippen molar-refractivity contribution in [3.8, 4) is 0 Å². The number of thiocarbonyl (C=S) groups is 1. The molecule has 0 spiro atoms. The maximum absolute atomic E-state index is 12.2. The van der Waals surface area contributed by atoms with E-state index in [-0.39, 0.29) is 5.91 Å². The van der Waals surface area contributed by atoms with Crippen LogP contribution in [0.3, 0.4) is 0 Å². The van der Waals surface area contributed by atoms with Gasteiger partial charge >= 0.3 is 0 Å². The second-order valence-electron chi connectivity index (χ2n) is 4.58. The number of nitrogens with zero attached hydrogens (tertiary/aromatic N) is 2. The minimum absolute atomic E-state index is 0.00696. The molecule has 0 aromatic heterocycles. The molecular formula is C15H14N2OS3. The minimum Gasteiger partial charge on any atom is -0.338 e. The number of benzene rings is 1. The molecule has 3 nitrogen and oxygen atoms in total. The van der Waals surface area contributed by atoms with Crippen LogP contribution < -0.4 is 4.90 Å². The van der Waals surface area contributed by atoms with E-state index >= 15 is 0 Å². The maximum Gasteiger partial charge on any atom is 0.266 e. The Kier molecular flexibility index (Phi) is 4.10. The van der Waals surface area contributed by atoms with Gasteiger partial charge in [-0.15, -0.1) is 0 Å². The van der Waals surface area contributed by atoms with Crippen molar-refractivity contribution >= 4 is 51.7 Å². The van der Waals surface area contributed by atoms with Gasteiger partial charge in [0.1, 0.15) is 4.32 Å². The number of para-hydroxylation sites is 1. The second-order valence-corrected chi connectivity index (χ2v) is 7.32. The predicted octanol–water partition coefficient (Wildman–Crippen LogP) is 3.83. The Bertz CT molecular complexity index is 681. The molecule has 3 rings (SSSR count). The zero-order valence-electron chi connectivity index (χ0n) is 11.7. The van der Waals surface area contributed by atoms with E-state index in [1.807, 2.05) is 38.3 Å². The van der Waals surface area contributed by atoms with Crippen LogP contribution in [0.2, 0.25) is 0 Å².